The molecule has 142 valence electrons. The van der Waals surface area contributed by atoms with Crippen LogP contribution in [0.2, 0.25) is 0 Å². The van der Waals surface area contributed by atoms with Crippen molar-refractivity contribution in [2.24, 2.45) is 0 Å². The molecule has 1 amide bonds. The van der Waals surface area contributed by atoms with Gasteiger partial charge >= 0.3 is 5.97 Å². The fraction of sp³-hybridized carbons (Fsp3) is 0.263. The summed E-state index contributed by atoms with van der Waals surface area (Å²) in [7, 11) is 0. The lowest BCUT2D eigenvalue weighted by Crippen LogP contribution is -2.23. The summed E-state index contributed by atoms with van der Waals surface area (Å²) in [5.74, 6) is -0.381. The lowest BCUT2D eigenvalue weighted by molar-refractivity contribution is -0.384. The third-order valence-corrected chi connectivity index (χ3v) is 3.61. The highest BCUT2D eigenvalue weighted by Crippen LogP contribution is 2.19. The van der Waals surface area contributed by atoms with Crippen LogP contribution in [0.5, 0.6) is 5.75 Å². The van der Waals surface area contributed by atoms with Crippen molar-refractivity contribution in [3.63, 3.8) is 0 Å². The van der Waals surface area contributed by atoms with Crippen LogP contribution in [-0.4, -0.2) is 30.0 Å². The number of ether oxygens (including phenoxy) is 2. The van der Waals surface area contributed by atoms with Crippen molar-refractivity contribution in [3.05, 3.63) is 64.2 Å². The second-order valence-electron chi connectivity index (χ2n) is 6.03. The summed E-state index contributed by atoms with van der Waals surface area (Å²) in [5, 5.41) is 13.1. The summed E-state index contributed by atoms with van der Waals surface area (Å²) in [4.78, 5) is 33.6. The highest BCUT2D eigenvalue weighted by Gasteiger charge is 2.11. The predicted octanol–water partition coefficient (Wildman–Crippen LogP) is 3.28. The van der Waals surface area contributed by atoms with E-state index < -0.39 is 23.4 Å². The molecule has 27 heavy (non-hydrogen) atoms. The molecule has 2 aromatic rings. The van der Waals surface area contributed by atoms with Crippen molar-refractivity contribution in [2.45, 2.75) is 19.8 Å². The zero-order valence-electron chi connectivity index (χ0n) is 15.0. The Morgan fingerprint density at radius 1 is 1.11 bits per heavy atom. The molecule has 0 heterocycles. The normalized spacial score (nSPS) is 10.3. The Kier molecular flexibility index (Phi) is 6.87. The minimum atomic E-state index is -0.697. The third kappa shape index (κ3) is 6.43. The van der Waals surface area contributed by atoms with Crippen LogP contribution in [0.15, 0.2) is 48.5 Å². The summed E-state index contributed by atoms with van der Waals surface area (Å²) in [6.45, 7) is 3.31. The number of benzene rings is 2. The highest BCUT2D eigenvalue weighted by molar-refractivity contribution is 5.93. The van der Waals surface area contributed by atoms with Gasteiger partial charge < -0.3 is 14.8 Å². The number of nitro benzene ring substituents is 1. The molecule has 0 saturated heterocycles. The van der Waals surface area contributed by atoms with Gasteiger partial charge in [-0.15, -0.1) is 0 Å². The summed E-state index contributed by atoms with van der Waals surface area (Å²) < 4.78 is 10.1. The molecule has 8 heteroatoms. The molecule has 0 spiro atoms. The molecule has 0 radical (unpaired) electrons. The van der Waals surface area contributed by atoms with E-state index in [4.69, 9.17) is 9.47 Å². The van der Waals surface area contributed by atoms with Gasteiger partial charge in [-0.25, -0.2) is 4.79 Å². The van der Waals surface area contributed by atoms with Gasteiger partial charge in [0.1, 0.15) is 5.75 Å². The Hall–Kier alpha value is -3.42. The van der Waals surface area contributed by atoms with E-state index in [2.05, 4.69) is 19.2 Å². The molecule has 0 atom stereocenters. The molecule has 0 bridgehead atoms. The molecule has 0 aliphatic carbocycles. The van der Waals surface area contributed by atoms with E-state index in [1.807, 2.05) is 12.1 Å². The van der Waals surface area contributed by atoms with E-state index in [0.717, 1.165) is 5.56 Å². The van der Waals surface area contributed by atoms with E-state index in [1.165, 1.54) is 24.3 Å². The van der Waals surface area contributed by atoms with Crippen LogP contribution in [0.3, 0.4) is 0 Å². The minimum absolute atomic E-state index is 0.151. The van der Waals surface area contributed by atoms with Crippen molar-refractivity contribution < 1.29 is 24.0 Å². The summed E-state index contributed by atoms with van der Waals surface area (Å²) in [6.07, 6.45) is 0. The number of carbonyl (C=O) groups excluding carboxylic acids is 2. The van der Waals surface area contributed by atoms with Crippen molar-refractivity contribution in [1.29, 1.82) is 0 Å². The van der Waals surface area contributed by atoms with E-state index in [1.54, 1.807) is 12.1 Å². The van der Waals surface area contributed by atoms with Crippen LogP contribution < -0.4 is 10.1 Å². The first-order valence-corrected chi connectivity index (χ1v) is 8.28. The Labute approximate surface area is 156 Å². The zero-order valence-corrected chi connectivity index (χ0v) is 15.0. The second-order valence-corrected chi connectivity index (χ2v) is 6.03. The van der Waals surface area contributed by atoms with Gasteiger partial charge in [0.05, 0.1) is 4.92 Å². The van der Waals surface area contributed by atoms with Crippen LogP contribution >= 0.6 is 0 Å². The fourth-order valence-electron chi connectivity index (χ4n) is 2.17. The van der Waals surface area contributed by atoms with Crippen molar-refractivity contribution in [1.82, 2.24) is 0 Å². The highest BCUT2D eigenvalue weighted by atomic mass is 16.6. The molecular formula is C19H20N2O6. The number of esters is 1. The van der Waals surface area contributed by atoms with E-state index in [0.29, 0.717) is 11.7 Å². The molecule has 8 nitrogen and oxygen atoms in total. The Balaban J connectivity index is 1.75. The first kappa shape index (κ1) is 19.9. The number of non-ortho nitro benzene ring substituents is 1. The van der Waals surface area contributed by atoms with Crippen molar-refractivity contribution in [2.75, 3.05) is 18.5 Å². The number of nitro groups is 1. The topological polar surface area (TPSA) is 108 Å². The van der Waals surface area contributed by atoms with Crippen LogP contribution in [0, 0.1) is 10.1 Å². The van der Waals surface area contributed by atoms with Gasteiger partial charge in [-0.05, 0) is 29.7 Å². The number of hydrogen-bond acceptors (Lipinski definition) is 6. The van der Waals surface area contributed by atoms with Gasteiger partial charge in [-0.3, -0.25) is 14.9 Å². The standard InChI is InChI=1S/C19H20N2O6/c1-13(2)14-6-8-17(9-7-14)26-12-19(23)27-11-18(22)20-15-4-3-5-16(10-15)21(24)25/h3-10,13H,11-12H2,1-2H3,(H,20,22). The molecule has 2 aromatic carbocycles. The van der Waals surface area contributed by atoms with E-state index in [-0.39, 0.29) is 18.0 Å². The quantitative estimate of drug-likeness (QED) is 0.433. The molecule has 0 aliphatic rings. The van der Waals surface area contributed by atoms with Crippen molar-refractivity contribution >= 4 is 23.3 Å². The number of nitrogens with one attached hydrogen (secondary N) is 1. The van der Waals surface area contributed by atoms with E-state index >= 15 is 0 Å². The summed E-state index contributed by atoms with van der Waals surface area (Å²) >= 11 is 0. The molecule has 0 aromatic heterocycles. The average molecular weight is 372 g/mol. The number of carbonyl (C=O) groups is 2. The SMILES string of the molecule is CC(C)c1ccc(OCC(=O)OCC(=O)Nc2cccc([N+](=O)[O-])c2)cc1. The minimum Gasteiger partial charge on any atom is -0.482 e. The first-order chi connectivity index (χ1) is 12.8. The maximum absolute atomic E-state index is 11.8. The van der Waals surface area contributed by atoms with Gasteiger partial charge in [0.2, 0.25) is 0 Å². The average Bonchev–Trinajstić information content (AvgIpc) is 2.65. The summed E-state index contributed by atoms with van der Waals surface area (Å²) in [5.41, 5.74) is 1.25. The largest absolute Gasteiger partial charge is 0.482 e. The van der Waals surface area contributed by atoms with Crippen LogP contribution in [0.1, 0.15) is 25.3 Å². The Morgan fingerprint density at radius 3 is 2.44 bits per heavy atom. The molecule has 2 rings (SSSR count). The molecule has 0 fully saturated rings. The molecule has 1 N–H and O–H groups in total. The van der Waals surface area contributed by atoms with Crippen LogP contribution in [0.25, 0.3) is 0 Å². The third-order valence-electron chi connectivity index (χ3n) is 3.61. The number of hydrogen-bond donors (Lipinski definition) is 1. The molecule has 0 unspecified atom stereocenters. The van der Waals surface area contributed by atoms with Gasteiger partial charge in [-0.1, -0.05) is 32.0 Å². The zero-order chi connectivity index (χ0) is 19.8. The Bertz CT molecular complexity index is 817. The monoisotopic (exact) mass is 372 g/mol. The van der Waals surface area contributed by atoms with Crippen LogP contribution in [0.4, 0.5) is 11.4 Å². The molecule has 0 saturated carbocycles. The summed E-state index contributed by atoms with van der Waals surface area (Å²) in [6, 6.07) is 12.8. The number of nitrogens with zero attached hydrogens (tertiary/aromatic N) is 1. The number of amides is 1. The maximum Gasteiger partial charge on any atom is 0.344 e. The fourth-order valence-corrected chi connectivity index (χ4v) is 2.17. The smallest absolute Gasteiger partial charge is 0.344 e. The van der Waals surface area contributed by atoms with Gasteiger partial charge in [0.25, 0.3) is 11.6 Å². The number of rotatable bonds is 8. The molecule has 0 aliphatic heterocycles. The van der Waals surface area contributed by atoms with Gasteiger partial charge in [0, 0.05) is 17.8 Å². The van der Waals surface area contributed by atoms with Gasteiger partial charge in [0.15, 0.2) is 13.2 Å². The Morgan fingerprint density at radius 2 is 1.81 bits per heavy atom. The maximum atomic E-state index is 11.8. The van der Waals surface area contributed by atoms with Gasteiger partial charge in [-0.2, -0.15) is 0 Å². The lowest BCUT2D eigenvalue weighted by Gasteiger charge is -2.09. The molecular weight excluding hydrogens is 352 g/mol. The number of anilines is 1. The first-order valence-electron chi connectivity index (χ1n) is 8.28. The lowest BCUT2D eigenvalue weighted by atomic mass is 10.0. The van der Waals surface area contributed by atoms with E-state index in [9.17, 15) is 19.7 Å². The second kappa shape index (κ2) is 9.33. The van der Waals surface area contributed by atoms with Crippen LogP contribution in [-0.2, 0) is 14.3 Å². The van der Waals surface area contributed by atoms with Crippen molar-refractivity contribution in [3.8, 4) is 5.75 Å². The predicted molar refractivity (Wildman–Crippen MR) is 98.7 cm³/mol.